The Labute approximate surface area is 115 Å². The Bertz CT molecular complexity index is 432. The summed E-state index contributed by atoms with van der Waals surface area (Å²) in [5.41, 5.74) is 0.477. The molecule has 0 aliphatic rings. The van der Waals surface area contributed by atoms with E-state index in [-0.39, 0.29) is 19.1 Å². The van der Waals surface area contributed by atoms with Crippen LogP contribution in [0.5, 0.6) is 5.75 Å². The number of ether oxygens (including phenoxy) is 1. The Morgan fingerprint density at radius 3 is 2.72 bits per heavy atom. The van der Waals surface area contributed by atoms with Crippen molar-refractivity contribution in [1.29, 1.82) is 0 Å². The van der Waals surface area contributed by atoms with Crippen LogP contribution in [0.15, 0.2) is 22.7 Å². The maximum Gasteiger partial charge on any atom is 0.258 e. The Kier molecular flexibility index (Phi) is 5.16. The molecule has 0 heterocycles. The lowest BCUT2D eigenvalue weighted by atomic mass is 10.1. The van der Waals surface area contributed by atoms with Crippen LogP contribution in [-0.4, -0.2) is 29.8 Å². The first-order chi connectivity index (χ1) is 8.34. The standard InChI is InChI=1S/C13H18BrNO3/c1-9-4-5-11(10(14)6-9)18-7-12(17)15-13(2,3)8-16/h4-6,16H,7-8H2,1-3H3,(H,15,17). The van der Waals surface area contributed by atoms with Crippen molar-refractivity contribution < 1.29 is 14.6 Å². The van der Waals surface area contributed by atoms with Gasteiger partial charge < -0.3 is 15.2 Å². The predicted octanol–water partition coefficient (Wildman–Crippen LogP) is 2.02. The quantitative estimate of drug-likeness (QED) is 0.874. The molecule has 0 aliphatic heterocycles. The van der Waals surface area contributed by atoms with Crippen LogP contribution in [0.4, 0.5) is 0 Å². The molecule has 0 fully saturated rings. The highest BCUT2D eigenvalue weighted by molar-refractivity contribution is 9.10. The number of aliphatic hydroxyl groups is 1. The summed E-state index contributed by atoms with van der Waals surface area (Å²) < 4.78 is 6.22. The molecular weight excluding hydrogens is 298 g/mol. The fourth-order valence-electron chi connectivity index (χ4n) is 1.32. The van der Waals surface area contributed by atoms with Crippen molar-refractivity contribution in [3.63, 3.8) is 0 Å². The highest BCUT2D eigenvalue weighted by Crippen LogP contribution is 2.25. The zero-order valence-electron chi connectivity index (χ0n) is 10.8. The fourth-order valence-corrected chi connectivity index (χ4v) is 1.93. The molecule has 0 aliphatic carbocycles. The van der Waals surface area contributed by atoms with E-state index in [1.807, 2.05) is 25.1 Å². The SMILES string of the molecule is Cc1ccc(OCC(=O)NC(C)(C)CO)c(Br)c1. The molecule has 2 N–H and O–H groups in total. The number of halogens is 1. The fraction of sp³-hybridized carbons (Fsp3) is 0.462. The zero-order valence-corrected chi connectivity index (χ0v) is 12.4. The van der Waals surface area contributed by atoms with Gasteiger partial charge in [-0.25, -0.2) is 0 Å². The van der Waals surface area contributed by atoms with Gasteiger partial charge in [-0.1, -0.05) is 6.07 Å². The summed E-state index contributed by atoms with van der Waals surface area (Å²) in [6, 6.07) is 5.64. The number of hydrogen-bond acceptors (Lipinski definition) is 3. The molecule has 0 atom stereocenters. The van der Waals surface area contributed by atoms with Gasteiger partial charge in [-0.15, -0.1) is 0 Å². The van der Waals surface area contributed by atoms with Crippen molar-refractivity contribution in [3.05, 3.63) is 28.2 Å². The van der Waals surface area contributed by atoms with Crippen molar-refractivity contribution in [2.45, 2.75) is 26.3 Å². The van der Waals surface area contributed by atoms with Crippen molar-refractivity contribution in [1.82, 2.24) is 5.32 Å². The molecule has 18 heavy (non-hydrogen) atoms. The first-order valence-corrected chi connectivity index (χ1v) is 6.44. The summed E-state index contributed by atoms with van der Waals surface area (Å²) in [7, 11) is 0. The summed E-state index contributed by atoms with van der Waals surface area (Å²) >= 11 is 3.38. The van der Waals surface area contributed by atoms with Crippen LogP contribution in [0.1, 0.15) is 19.4 Å². The van der Waals surface area contributed by atoms with E-state index in [4.69, 9.17) is 9.84 Å². The van der Waals surface area contributed by atoms with Crippen LogP contribution in [0.25, 0.3) is 0 Å². The van der Waals surface area contributed by atoms with Gasteiger partial charge in [0.2, 0.25) is 0 Å². The summed E-state index contributed by atoms with van der Waals surface area (Å²) in [6.45, 7) is 5.27. The molecule has 0 unspecified atom stereocenters. The van der Waals surface area contributed by atoms with Gasteiger partial charge in [-0.2, -0.15) is 0 Å². The number of hydrogen-bond donors (Lipinski definition) is 2. The van der Waals surface area contributed by atoms with Gasteiger partial charge in [0.15, 0.2) is 6.61 Å². The molecule has 0 saturated heterocycles. The predicted molar refractivity (Wildman–Crippen MR) is 73.7 cm³/mol. The van der Waals surface area contributed by atoms with Crippen LogP contribution in [0.3, 0.4) is 0 Å². The minimum atomic E-state index is -0.634. The van der Waals surface area contributed by atoms with Gasteiger partial charge in [0.25, 0.3) is 5.91 Å². The molecule has 1 aromatic rings. The van der Waals surface area contributed by atoms with Crippen LogP contribution >= 0.6 is 15.9 Å². The second kappa shape index (κ2) is 6.20. The molecule has 4 nitrogen and oxygen atoms in total. The van der Waals surface area contributed by atoms with Gasteiger partial charge >= 0.3 is 0 Å². The third kappa shape index (κ3) is 4.66. The minimum Gasteiger partial charge on any atom is -0.483 e. The van der Waals surface area contributed by atoms with Crippen molar-refractivity contribution in [3.8, 4) is 5.75 Å². The number of carbonyl (C=O) groups is 1. The third-order valence-electron chi connectivity index (χ3n) is 2.32. The number of aryl methyl sites for hydroxylation is 1. The average Bonchev–Trinajstić information content (AvgIpc) is 2.27. The number of carbonyl (C=O) groups excluding carboxylic acids is 1. The van der Waals surface area contributed by atoms with Crippen LogP contribution in [-0.2, 0) is 4.79 Å². The summed E-state index contributed by atoms with van der Waals surface area (Å²) in [5.74, 6) is 0.360. The molecule has 0 aromatic heterocycles. The van der Waals surface area contributed by atoms with E-state index < -0.39 is 5.54 Å². The van der Waals surface area contributed by atoms with E-state index >= 15 is 0 Å². The molecule has 0 saturated carbocycles. The van der Waals surface area contributed by atoms with Crippen LogP contribution < -0.4 is 10.1 Å². The number of nitrogens with one attached hydrogen (secondary N) is 1. The molecule has 100 valence electrons. The molecule has 0 radical (unpaired) electrons. The summed E-state index contributed by atoms with van der Waals surface area (Å²) in [6.07, 6.45) is 0. The smallest absolute Gasteiger partial charge is 0.258 e. The highest BCUT2D eigenvalue weighted by atomic mass is 79.9. The lowest BCUT2D eigenvalue weighted by molar-refractivity contribution is -0.125. The zero-order chi connectivity index (χ0) is 13.8. The molecular formula is C13H18BrNO3. The first kappa shape index (κ1) is 15.0. The molecule has 5 heteroatoms. The Balaban J connectivity index is 2.53. The van der Waals surface area contributed by atoms with E-state index in [2.05, 4.69) is 21.2 Å². The summed E-state index contributed by atoms with van der Waals surface area (Å²) in [4.78, 5) is 11.6. The highest BCUT2D eigenvalue weighted by Gasteiger charge is 2.19. The normalized spacial score (nSPS) is 11.2. The molecule has 0 spiro atoms. The van der Waals surface area contributed by atoms with Crippen molar-refractivity contribution >= 4 is 21.8 Å². The Morgan fingerprint density at radius 1 is 1.50 bits per heavy atom. The topological polar surface area (TPSA) is 58.6 Å². The number of benzene rings is 1. The van der Waals surface area contributed by atoms with Gasteiger partial charge in [0.1, 0.15) is 5.75 Å². The molecule has 1 rings (SSSR count). The van der Waals surface area contributed by atoms with E-state index in [0.717, 1.165) is 10.0 Å². The monoisotopic (exact) mass is 315 g/mol. The number of amides is 1. The van der Waals surface area contributed by atoms with Crippen LogP contribution in [0, 0.1) is 6.92 Å². The minimum absolute atomic E-state index is 0.0783. The second-order valence-corrected chi connectivity index (χ2v) is 5.67. The average molecular weight is 316 g/mol. The van der Waals surface area contributed by atoms with E-state index in [1.54, 1.807) is 13.8 Å². The third-order valence-corrected chi connectivity index (χ3v) is 2.94. The lowest BCUT2D eigenvalue weighted by Gasteiger charge is -2.23. The maximum absolute atomic E-state index is 11.6. The van der Waals surface area contributed by atoms with Crippen LogP contribution in [0.2, 0.25) is 0 Å². The van der Waals surface area contributed by atoms with Crippen molar-refractivity contribution in [2.24, 2.45) is 0 Å². The van der Waals surface area contributed by atoms with Gasteiger partial charge in [-0.3, -0.25) is 4.79 Å². The largest absolute Gasteiger partial charge is 0.483 e. The molecule has 1 amide bonds. The number of aliphatic hydroxyl groups excluding tert-OH is 1. The lowest BCUT2D eigenvalue weighted by Crippen LogP contribution is -2.48. The Hall–Kier alpha value is -1.07. The molecule has 1 aromatic carbocycles. The first-order valence-electron chi connectivity index (χ1n) is 5.65. The van der Waals surface area contributed by atoms with Gasteiger partial charge in [-0.05, 0) is 54.4 Å². The van der Waals surface area contributed by atoms with E-state index in [1.165, 1.54) is 0 Å². The van der Waals surface area contributed by atoms with Gasteiger partial charge in [0.05, 0.1) is 16.6 Å². The maximum atomic E-state index is 11.6. The van der Waals surface area contributed by atoms with Gasteiger partial charge in [0, 0.05) is 0 Å². The number of rotatable bonds is 5. The van der Waals surface area contributed by atoms with E-state index in [9.17, 15) is 4.79 Å². The Morgan fingerprint density at radius 2 is 2.17 bits per heavy atom. The molecule has 0 bridgehead atoms. The second-order valence-electron chi connectivity index (χ2n) is 4.81. The van der Waals surface area contributed by atoms with E-state index in [0.29, 0.717) is 5.75 Å². The summed E-state index contributed by atoms with van der Waals surface area (Å²) in [5, 5.41) is 11.7. The van der Waals surface area contributed by atoms with Crippen molar-refractivity contribution in [2.75, 3.05) is 13.2 Å².